The van der Waals surface area contributed by atoms with E-state index in [4.69, 9.17) is 9.84 Å². The van der Waals surface area contributed by atoms with Gasteiger partial charge in [0.15, 0.2) is 0 Å². The number of ether oxygens (including phenoxy) is 1. The second-order valence-corrected chi connectivity index (χ2v) is 8.63. The van der Waals surface area contributed by atoms with Crippen molar-refractivity contribution in [2.45, 2.75) is 19.4 Å². The zero-order valence-corrected chi connectivity index (χ0v) is 20.1. The lowest BCUT2D eigenvalue weighted by Crippen LogP contribution is -2.11. The van der Waals surface area contributed by atoms with Gasteiger partial charge in [0.25, 0.3) is 0 Å². The molecule has 0 fully saturated rings. The van der Waals surface area contributed by atoms with E-state index in [1.54, 1.807) is 0 Å². The molecular formula is C32H28N2O2. The monoisotopic (exact) mass is 472 g/mol. The number of esters is 1. The lowest BCUT2D eigenvalue weighted by atomic mass is 9.96. The van der Waals surface area contributed by atoms with Crippen molar-refractivity contribution < 1.29 is 9.53 Å². The van der Waals surface area contributed by atoms with Gasteiger partial charge in [0.1, 0.15) is 5.69 Å². The molecular weight excluding hydrogens is 444 g/mol. The molecule has 0 atom stereocenters. The van der Waals surface area contributed by atoms with Crippen LogP contribution in [0.3, 0.4) is 0 Å². The number of nitrogens with zero attached hydrogens (tertiary/aromatic N) is 2. The van der Waals surface area contributed by atoms with Crippen LogP contribution < -0.4 is 0 Å². The molecule has 4 nitrogen and oxygen atoms in total. The van der Waals surface area contributed by atoms with Crippen molar-refractivity contribution in [2.24, 2.45) is 0 Å². The molecule has 0 unspecified atom stereocenters. The van der Waals surface area contributed by atoms with Crippen LogP contribution >= 0.6 is 0 Å². The Morgan fingerprint density at radius 1 is 0.667 bits per heavy atom. The van der Waals surface area contributed by atoms with Gasteiger partial charge in [-0.2, -0.15) is 5.10 Å². The van der Waals surface area contributed by atoms with Crippen molar-refractivity contribution in [3.63, 3.8) is 0 Å². The minimum absolute atomic E-state index is 0.208. The van der Waals surface area contributed by atoms with Gasteiger partial charge in [0, 0.05) is 29.7 Å². The number of aromatic nitrogens is 2. The maximum absolute atomic E-state index is 12.3. The van der Waals surface area contributed by atoms with E-state index in [0.29, 0.717) is 19.6 Å². The van der Waals surface area contributed by atoms with Crippen molar-refractivity contribution in [1.29, 1.82) is 0 Å². The maximum atomic E-state index is 12.3. The van der Waals surface area contributed by atoms with Gasteiger partial charge < -0.3 is 4.74 Å². The first kappa shape index (κ1) is 23.3. The molecule has 36 heavy (non-hydrogen) atoms. The van der Waals surface area contributed by atoms with Crippen LogP contribution in [0.25, 0.3) is 33.6 Å². The van der Waals surface area contributed by atoms with Crippen molar-refractivity contribution in [3.8, 4) is 33.6 Å². The summed E-state index contributed by atoms with van der Waals surface area (Å²) in [5.41, 5.74) is 7.37. The lowest BCUT2D eigenvalue weighted by molar-refractivity contribution is -0.143. The first-order valence-corrected chi connectivity index (χ1v) is 12.3. The fraction of sp³-hybridized carbons (Fsp3) is 0.125. The standard InChI is InChI=1S/C32H28N2O2/c35-29(24-25-14-5-1-6-15-25)36-23-13-22-34-32(28-20-11-4-12-21-28)30(26-16-7-2-8-17-26)31(33-34)27-18-9-3-10-19-27/h1-12,14-21H,13,22-24H2. The number of rotatable bonds is 9. The van der Waals surface area contributed by atoms with Crippen LogP contribution in [0.5, 0.6) is 0 Å². The zero-order chi connectivity index (χ0) is 24.6. The van der Waals surface area contributed by atoms with E-state index in [1.165, 1.54) is 0 Å². The van der Waals surface area contributed by atoms with E-state index >= 15 is 0 Å². The van der Waals surface area contributed by atoms with E-state index < -0.39 is 0 Å². The maximum Gasteiger partial charge on any atom is 0.310 e. The van der Waals surface area contributed by atoms with Crippen molar-refractivity contribution in [3.05, 3.63) is 127 Å². The third-order valence-corrected chi connectivity index (χ3v) is 6.08. The molecule has 0 radical (unpaired) electrons. The Hall–Kier alpha value is -4.44. The molecule has 5 rings (SSSR count). The van der Waals surface area contributed by atoms with E-state index in [2.05, 4.69) is 65.3 Å². The van der Waals surface area contributed by atoms with Crippen LogP contribution in [-0.2, 0) is 22.5 Å². The molecule has 178 valence electrons. The highest BCUT2D eigenvalue weighted by Crippen LogP contribution is 2.40. The number of hydrogen-bond acceptors (Lipinski definition) is 3. The highest BCUT2D eigenvalue weighted by molar-refractivity contribution is 5.91. The molecule has 4 heteroatoms. The second kappa shape index (κ2) is 11.3. The summed E-state index contributed by atoms with van der Waals surface area (Å²) in [5, 5.41) is 5.09. The molecule has 0 amide bonds. The number of benzene rings is 4. The van der Waals surface area contributed by atoms with Crippen molar-refractivity contribution in [2.75, 3.05) is 6.61 Å². The van der Waals surface area contributed by atoms with Crippen LogP contribution in [0.15, 0.2) is 121 Å². The van der Waals surface area contributed by atoms with E-state index in [1.807, 2.05) is 60.7 Å². The molecule has 1 aromatic heterocycles. The topological polar surface area (TPSA) is 44.1 Å². The van der Waals surface area contributed by atoms with Gasteiger partial charge in [-0.25, -0.2) is 0 Å². The Morgan fingerprint density at radius 3 is 1.81 bits per heavy atom. The third-order valence-electron chi connectivity index (χ3n) is 6.08. The Morgan fingerprint density at radius 2 is 1.19 bits per heavy atom. The number of hydrogen-bond donors (Lipinski definition) is 0. The van der Waals surface area contributed by atoms with E-state index in [-0.39, 0.29) is 12.4 Å². The van der Waals surface area contributed by atoms with Crippen LogP contribution in [0, 0.1) is 0 Å². The Labute approximate surface area is 211 Å². The van der Waals surface area contributed by atoms with Crippen molar-refractivity contribution in [1.82, 2.24) is 9.78 Å². The molecule has 5 aromatic rings. The molecule has 0 aliphatic heterocycles. The van der Waals surface area contributed by atoms with Crippen LogP contribution in [-0.4, -0.2) is 22.4 Å². The molecule has 0 saturated carbocycles. The molecule has 0 N–H and O–H groups in total. The number of carbonyl (C=O) groups excluding carboxylic acids is 1. The van der Waals surface area contributed by atoms with Gasteiger partial charge >= 0.3 is 5.97 Å². The molecule has 0 spiro atoms. The molecule has 0 aliphatic rings. The summed E-state index contributed by atoms with van der Waals surface area (Å²) >= 11 is 0. The Bertz CT molecular complexity index is 1400. The minimum atomic E-state index is -0.208. The van der Waals surface area contributed by atoms with E-state index in [9.17, 15) is 4.79 Å². The largest absolute Gasteiger partial charge is 0.465 e. The quantitative estimate of drug-likeness (QED) is 0.170. The van der Waals surface area contributed by atoms with Crippen LogP contribution in [0.2, 0.25) is 0 Å². The summed E-state index contributed by atoms with van der Waals surface area (Å²) in [6, 6.07) is 40.7. The fourth-order valence-corrected chi connectivity index (χ4v) is 4.40. The van der Waals surface area contributed by atoms with Gasteiger partial charge in [-0.05, 0) is 11.1 Å². The molecule has 0 saturated heterocycles. The van der Waals surface area contributed by atoms with Crippen LogP contribution in [0.1, 0.15) is 12.0 Å². The van der Waals surface area contributed by atoms with Gasteiger partial charge in [0.05, 0.1) is 18.7 Å². The van der Waals surface area contributed by atoms with Gasteiger partial charge in [-0.1, -0.05) is 121 Å². The van der Waals surface area contributed by atoms with Crippen molar-refractivity contribution >= 4 is 5.97 Å². The molecule has 1 heterocycles. The predicted molar refractivity (Wildman–Crippen MR) is 144 cm³/mol. The van der Waals surface area contributed by atoms with Gasteiger partial charge in [-0.3, -0.25) is 9.48 Å². The van der Waals surface area contributed by atoms with Gasteiger partial charge in [0.2, 0.25) is 0 Å². The summed E-state index contributed by atoms with van der Waals surface area (Å²) in [6.45, 7) is 0.983. The summed E-state index contributed by atoms with van der Waals surface area (Å²) in [4.78, 5) is 12.3. The molecule has 0 bridgehead atoms. The summed E-state index contributed by atoms with van der Waals surface area (Å²) < 4.78 is 7.60. The average Bonchev–Trinajstić information content (AvgIpc) is 3.32. The SMILES string of the molecule is O=C(Cc1ccccc1)OCCCn1nc(-c2ccccc2)c(-c2ccccc2)c1-c1ccccc1. The average molecular weight is 473 g/mol. The molecule has 4 aromatic carbocycles. The second-order valence-electron chi connectivity index (χ2n) is 8.63. The smallest absolute Gasteiger partial charge is 0.310 e. The zero-order valence-electron chi connectivity index (χ0n) is 20.1. The lowest BCUT2D eigenvalue weighted by Gasteiger charge is -2.11. The highest BCUT2D eigenvalue weighted by atomic mass is 16.5. The third kappa shape index (κ3) is 5.44. The number of aryl methyl sites for hydroxylation is 1. The first-order valence-electron chi connectivity index (χ1n) is 12.3. The molecule has 0 aliphatic carbocycles. The summed E-state index contributed by atoms with van der Waals surface area (Å²) in [5.74, 6) is -0.208. The summed E-state index contributed by atoms with van der Waals surface area (Å²) in [7, 11) is 0. The van der Waals surface area contributed by atoms with Crippen LogP contribution in [0.4, 0.5) is 0 Å². The fourth-order valence-electron chi connectivity index (χ4n) is 4.40. The Balaban J connectivity index is 1.44. The number of carbonyl (C=O) groups is 1. The van der Waals surface area contributed by atoms with Gasteiger partial charge in [-0.15, -0.1) is 0 Å². The van der Waals surface area contributed by atoms with E-state index in [0.717, 1.165) is 39.2 Å². The Kier molecular flexibility index (Phi) is 7.33. The minimum Gasteiger partial charge on any atom is -0.465 e. The predicted octanol–water partition coefficient (Wildman–Crippen LogP) is 7.06. The normalized spacial score (nSPS) is 10.8. The summed E-state index contributed by atoms with van der Waals surface area (Å²) in [6.07, 6.45) is 0.957. The first-order chi connectivity index (χ1) is 17.8. The highest BCUT2D eigenvalue weighted by Gasteiger charge is 2.21.